The molecule has 1 saturated heterocycles. The van der Waals surface area contributed by atoms with E-state index < -0.39 is 5.41 Å². The van der Waals surface area contributed by atoms with Crippen molar-refractivity contribution in [3.8, 4) is 0 Å². The molecular weight excluding hydrogens is 321 g/mol. The predicted octanol–water partition coefficient (Wildman–Crippen LogP) is 2.50. The zero-order chi connectivity index (χ0) is 17.4. The number of aromatic nitrogens is 1. The van der Waals surface area contributed by atoms with Crippen LogP contribution in [0.5, 0.6) is 0 Å². The van der Waals surface area contributed by atoms with Crippen molar-refractivity contribution in [2.75, 3.05) is 26.2 Å². The van der Waals surface area contributed by atoms with E-state index in [2.05, 4.69) is 10.1 Å². The number of hydrogen-bond donors (Lipinski definition) is 0. The number of carbonyl (C=O) groups is 1. The van der Waals surface area contributed by atoms with E-state index in [1.54, 1.807) is 12.1 Å². The highest BCUT2D eigenvalue weighted by atomic mass is 19.1. The van der Waals surface area contributed by atoms with E-state index in [0.29, 0.717) is 0 Å². The van der Waals surface area contributed by atoms with Crippen molar-refractivity contribution in [2.45, 2.75) is 31.7 Å². The maximum absolute atomic E-state index is 13.2. The number of benzene rings is 1. The van der Waals surface area contributed by atoms with Gasteiger partial charge in [-0.25, -0.2) is 4.39 Å². The van der Waals surface area contributed by atoms with E-state index in [9.17, 15) is 9.18 Å². The van der Waals surface area contributed by atoms with E-state index in [-0.39, 0.29) is 11.7 Å². The van der Waals surface area contributed by atoms with Gasteiger partial charge in [0, 0.05) is 32.2 Å². The lowest BCUT2D eigenvalue weighted by Crippen LogP contribution is -2.51. The van der Waals surface area contributed by atoms with Crippen molar-refractivity contribution in [1.82, 2.24) is 15.0 Å². The summed E-state index contributed by atoms with van der Waals surface area (Å²) in [6, 6.07) is 8.34. The molecule has 4 rings (SSSR count). The molecule has 1 aromatic heterocycles. The van der Waals surface area contributed by atoms with Gasteiger partial charge in [-0.2, -0.15) is 0 Å². The maximum atomic E-state index is 13.2. The van der Waals surface area contributed by atoms with Gasteiger partial charge in [-0.3, -0.25) is 9.69 Å². The molecule has 2 aliphatic rings. The standard InChI is InChI=1S/C19H22FN3O2/c1-14-12-17(25-21-14)13-22-8-10-23(11-9-22)18(24)19(6-7-19)15-2-4-16(20)5-3-15/h2-5,12H,6-11,13H2,1H3. The third kappa shape index (κ3) is 3.18. The number of piperazine rings is 1. The summed E-state index contributed by atoms with van der Waals surface area (Å²) in [5, 5.41) is 3.91. The van der Waals surface area contributed by atoms with Crippen LogP contribution in [0.3, 0.4) is 0 Å². The number of amides is 1. The van der Waals surface area contributed by atoms with Crippen molar-refractivity contribution in [1.29, 1.82) is 0 Å². The lowest BCUT2D eigenvalue weighted by Gasteiger charge is -2.36. The van der Waals surface area contributed by atoms with Gasteiger partial charge in [0.1, 0.15) is 5.82 Å². The van der Waals surface area contributed by atoms with E-state index in [1.807, 2.05) is 17.9 Å². The Balaban J connectivity index is 1.37. The first-order chi connectivity index (χ1) is 12.1. The molecule has 2 fully saturated rings. The van der Waals surface area contributed by atoms with Crippen LogP contribution >= 0.6 is 0 Å². The van der Waals surface area contributed by atoms with Gasteiger partial charge in [-0.05, 0) is 37.5 Å². The molecule has 1 aliphatic carbocycles. The Kier molecular flexibility index (Phi) is 4.07. The Morgan fingerprint density at radius 1 is 1.20 bits per heavy atom. The molecular formula is C19H22FN3O2. The van der Waals surface area contributed by atoms with Crippen LogP contribution in [0.2, 0.25) is 0 Å². The summed E-state index contributed by atoms with van der Waals surface area (Å²) in [4.78, 5) is 17.3. The Morgan fingerprint density at radius 3 is 2.44 bits per heavy atom. The smallest absolute Gasteiger partial charge is 0.233 e. The molecule has 25 heavy (non-hydrogen) atoms. The number of halogens is 1. The van der Waals surface area contributed by atoms with Crippen molar-refractivity contribution in [3.05, 3.63) is 53.2 Å². The number of rotatable bonds is 4. The van der Waals surface area contributed by atoms with E-state index in [0.717, 1.165) is 62.6 Å². The molecule has 1 amide bonds. The van der Waals surface area contributed by atoms with Gasteiger partial charge in [0.25, 0.3) is 0 Å². The Labute approximate surface area is 146 Å². The molecule has 0 bridgehead atoms. The van der Waals surface area contributed by atoms with Crippen molar-refractivity contribution in [2.24, 2.45) is 0 Å². The second kappa shape index (κ2) is 6.26. The normalized spacial score (nSPS) is 19.8. The van der Waals surface area contributed by atoms with E-state index >= 15 is 0 Å². The molecule has 5 nitrogen and oxygen atoms in total. The molecule has 0 radical (unpaired) electrons. The third-order valence-corrected chi connectivity index (χ3v) is 5.27. The first kappa shape index (κ1) is 16.3. The highest BCUT2D eigenvalue weighted by Gasteiger charge is 2.53. The summed E-state index contributed by atoms with van der Waals surface area (Å²) in [6.45, 7) is 5.72. The van der Waals surface area contributed by atoms with Crippen molar-refractivity contribution >= 4 is 5.91 Å². The van der Waals surface area contributed by atoms with Gasteiger partial charge in [0.05, 0.1) is 17.7 Å². The first-order valence-electron chi connectivity index (χ1n) is 8.77. The lowest BCUT2D eigenvalue weighted by atomic mass is 9.94. The molecule has 6 heteroatoms. The van der Waals surface area contributed by atoms with Gasteiger partial charge in [-0.15, -0.1) is 0 Å². The molecule has 0 unspecified atom stereocenters. The van der Waals surface area contributed by atoms with Crippen molar-refractivity contribution in [3.63, 3.8) is 0 Å². The van der Waals surface area contributed by atoms with Gasteiger partial charge in [0.2, 0.25) is 5.91 Å². The molecule has 132 valence electrons. The fourth-order valence-electron chi connectivity index (χ4n) is 3.64. The fraction of sp³-hybridized carbons (Fsp3) is 0.474. The largest absolute Gasteiger partial charge is 0.360 e. The summed E-state index contributed by atoms with van der Waals surface area (Å²) in [7, 11) is 0. The van der Waals surface area contributed by atoms with Gasteiger partial charge in [-0.1, -0.05) is 17.3 Å². The van der Waals surface area contributed by atoms with Crippen LogP contribution in [0.25, 0.3) is 0 Å². The number of nitrogens with zero attached hydrogens (tertiary/aromatic N) is 3. The monoisotopic (exact) mass is 343 g/mol. The van der Waals surface area contributed by atoms with Crippen LogP contribution in [0.4, 0.5) is 4.39 Å². The molecule has 1 aromatic carbocycles. The highest BCUT2D eigenvalue weighted by molar-refractivity contribution is 5.91. The summed E-state index contributed by atoms with van der Waals surface area (Å²) < 4.78 is 18.4. The van der Waals surface area contributed by atoms with Crippen LogP contribution in [-0.4, -0.2) is 47.0 Å². The number of hydrogen-bond acceptors (Lipinski definition) is 4. The summed E-state index contributed by atoms with van der Waals surface area (Å²) in [5.41, 5.74) is 1.41. The van der Waals surface area contributed by atoms with Gasteiger partial charge >= 0.3 is 0 Å². The van der Waals surface area contributed by atoms with Crippen LogP contribution in [0, 0.1) is 12.7 Å². The Bertz CT molecular complexity index is 759. The minimum Gasteiger partial charge on any atom is -0.360 e. The second-order valence-corrected chi connectivity index (χ2v) is 7.09. The number of aryl methyl sites for hydroxylation is 1. The summed E-state index contributed by atoms with van der Waals surface area (Å²) >= 11 is 0. The first-order valence-corrected chi connectivity index (χ1v) is 8.77. The summed E-state index contributed by atoms with van der Waals surface area (Å²) in [5.74, 6) is 0.791. The molecule has 1 aliphatic heterocycles. The zero-order valence-corrected chi connectivity index (χ0v) is 14.4. The summed E-state index contributed by atoms with van der Waals surface area (Å²) in [6.07, 6.45) is 1.71. The SMILES string of the molecule is Cc1cc(CN2CCN(C(=O)C3(c4ccc(F)cc4)CC3)CC2)on1. The molecule has 1 saturated carbocycles. The van der Waals surface area contributed by atoms with Crippen LogP contribution in [-0.2, 0) is 16.8 Å². The quantitative estimate of drug-likeness (QED) is 0.856. The van der Waals surface area contributed by atoms with E-state index in [1.165, 1.54) is 12.1 Å². The zero-order valence-electron chi connectivity index (χ0n) is 14.4. The van der Waals surface area contributed by atoms with Crippen LogP contribution in [0.15, 0.2) is 34.9 Å². The minimum absolute atomic E-state index is 0.189. The molecule has 0 spiro atoms. The lowest BCUT2D eigenvalue weighted by molar-refractivity contribution is -0.135. The minimum atomic E-state index is -0.419. The van der Waals surface area contributed by atoms with Crippen molar-refractivity contribution < 1.29 is 13.7 Å². The second-order valence-electron chi connectivity index (χ2n) is 7.09. The molecule has 0 N–H and O–H groups in total. The van der Waals surface area contributed by atoms with Gasteiger partial charge in [0.15, 0.2) is 5.76 Å². The predicted molar refractivity (Wildman–Crippen MR) is 90.4 cm³/mol. The molecule has 2 heterocycles. The fourth-order valence-corrected chi connectivity index (χ4v) is 3.64. The van der Waals surface area contributed by atoms with E-state index in [4.69, 9.17) is 4.52 Å². The Hall–Kier alpha value is -2.21. The average Bonchev–Trinajstić information content (AvgIpc) is 3.33. The maximum Gasteiger partial charge on any atom is 0.233 e. The van der Waals surface area contributed by atoms with Crippen LogP contribution in [0.1, 0.15) is 29.9 Å². The van der Waals surface area contributed by atoms with Gasteiger partial charge < -0.3 is 9.42 Å². The molecule has 0 atom stereocenters. The average molecular weight is 343 g/mol. The van der Waals surface area contributed by atoms with Crippen LogP contribution < -0.4 is 0 Å². The topological polar surface area (TPSA) is 49.6 Å². The third-order valence-electron chi connectivity index (χ3n) is 5.27. The number of carbonyl (C=O) groups excluding carboxylic acids is 1. The highest BCUT2D eigenvalue weighted by Crippen LogP contribution is 2.49. The molecule has 2 aromatic rings. The Morgan fingerprint density at radius 2 is 1.88 bits per heavy atom.